The molecule has 0 aliphatic heterocycles. The average Bonchev–Trinajstić information content (AvgIpc) is 2.47. The number of rotatable bonds is 4. The van der Waals surface area contributed by atoms with E-state index in [1.807, 2.05) is 31.2 Å². The quantitative estimate of drug-likeness (QED) is 0.788. The second kappa shape index (κ2) is 7.52. The molecule has 0 saturated carbocycles. The van der Waals surface area contributed by atoms with Gasteiger partial charge in [-0.2, -0.15) is 0 Å². The monoisotopic (exact) mass is 366 g/mol. The Balaban J connectivity index is 1.87. The standard InChI is InChI=1S/C16H16BrFN2S/c1-11(14-4-2-3-5-15(14)17)20-16(21)19-10-12-6-8-13(18)9-7-12/h2-9,11H,10H2,1H3,(H2,19,20,21)/t11-/m0/s1. The summed E-state index contributed by atoms with van der Waals surface area (Å²) in [5.41, 5.74) is 2.12. The molecule has 1 atom stereocenters. The topological polar surface area (TPSA) is 24.1 Å². The second-order valence-electron chi connectivity index (χ2n) is 4.70. The molecular formula is C16H16BrFN2S. The predicted octanol–water partition coefficient (Wildman–Crippen LogP) is 4.31. The van der Waals surface area contributed by atoms with E-state index in [0.29, 0.717) is 11.7 Å². The average molecular weight is 367 g/mol. The van der Waals surface area contributed by atoms with Crippen LogP contribution in [0.4, 0.5) is 4.39 Å². The first-order valence-corrected chi connectivity index (χ1v) is 7.79. The molecule has 2 rings (SSSR count). The van der Waals surface area contributed by atoms with Gasteiger partial charge in [-0.3, -0.25) is 0 Å². The molecule has 0 aliphatic rings. The van der Waals surface area contributed by atoms with Gasteiger partial charge in [0.25, 0.3) is 0 Å². The van der Waals surface area contributed by atoms with Crippen LogP contribution in [0.25, 0.3) is 0 Å². The molecule has 0 saturated heterocycles. The Labute approximate surface area is 137 Å². The highest BCUT2D eigenvalue weighted by Gasteiger charge is 2.09. The van der Waals surface area contributed by atoms with Gasteiger partial charge in [-0.25, -0.2) is 4.39 Å². The van der Waals surface area contributed by atoms with E-state index in [1.165, 1.54) is 12.1 Å². The van der Waals surface area contributed by atoms with Crippen LogP contribution in [0.1, 0.15) is 24.1 Å². The van der Waals surface area contributed by atoms with Gasteiger partial charge >= 0.3 is 0 Å². The van der Waals surface area contributed by atoms with Crippen LogP contribution in [0.2, 0.25) is 0 Å². The summed E-state index contributed by atoms with van der Waals surface area (Å²) in [5.74, 6) is -0.234. The molecule has 0 aliphatic carbocycles. The van der Waals surface area contributed by atoms with E-state index >= 15 is 0 Å². The zero-order chi connectivity index (χ0) is 15.2. The molecule has 2 aromatic carbocycles. The fourth-order valence-electron chi connectivity index (χ4n) is 1.94. The molecule has 0 radical (unpaired) electrons. The number of hydrogen-bond donors (Lipinski definition) is 2. The summed E-state index contributed by atoms with van der Waals surface area (Å²) in [4.78, 5) is 0. The number of benzene rings is 2. The zero-order valence-electron chi connectivity index (χ0n) is 11.6. The molecule has 21 heavy (non-hydrogen) atoms. The summed E-state index contributed by atoms with van der Waals surface area (Å²) < 4.78 is 13.9. The second-order valence-corrected chi connectivity index (χ2v) is 5.96. The molecular weight excluding hydrogens is 351 g/mol. The van der Waals surface area contributed by atoms with Crippen LogP contribution in [0, 0.1) is 5.82 Å². The van der Waals surface area contributed by atoms with E-state index in [2.05, 4.69) is 26.6 Å². The smallest absolute Gasteiger partial charge is 0.167 e. The van der Waals surface area contributed by atoms with Crippen molar-refractivity contribution >= 4 is 33.3 Å². The first-order chi connectivity index (χ1) is 10.1. The van der Waals surface area contributed by atoms with Crippen LogP contribution < -0.4 is 10.6 Å². The van der Waals surface area contributed by atoms with Crippen molar-refractivity contribution in [3.63, 3.8) is 0 Å². The molecule has 0 spiro atoms. The van der Waals surface area contributed by atoms with E-state index in [-0.39, 0.29) is 11.9 Å². The summed E-state index contributed by atoms with van der Waals surface area (Å²) in [5, 5.41) is 6.93. The van der Waals surface area contributed by atoms with Crippen molar-refractivity contribution in [3.05, 3.63) is 69.9 Å². The third-order valence-corrected chi connectivity index (χ3v) is 4.07. The van der Waals surface area contributed by atoms with Crippen molar-refractivity contribution in [1.82, 2.24) is 10.6 Å². The summed E-state index contributed by atoms with van der Waals surface area (Å²) in [6.45, 7) is 2.61. The molecule has 2 N–H and O–H groups in total. The molecule has 0 aromatic heterocycles. The fraction of sp³-hybridized carbons (Fsp3) is 0.188. The molecule has 0 heterocycles. The summed E-state index contributed by atoms with van der Waals surface area (Å²) in [7, 11) is 0. The van der Waals surface area contributed by atoms with Gasteiger partial charge in [0.15, 0.2) is 5.11 Å². The van der Waals surface area contributed by atoms with Gasteiger partial charge in [0, 0.05) is 11.0 Å². The zero-order valence-corrected chi connectivity index (χ0v) is 14.0. The number of nitrogens with one attached hydrogen (secondary N) is 2. The third-order valence-electron chi connectivity index (χ3n) is 3.09. The number of thiocarbonyl (C=S) groups is 1. The lowest BCUT2D eigenvalue weighted by Gasteiger charge is -2.18. The maximum Gasteiger partial charge on any atom is 0.167 e. The van der Waals surface area contributed by atoms with Crippen molar-refractivity contribution < 1.29 is 4.39 Å². The normalized spacial score (nSPS) is 11.8. The molecule has 110 valence electrons. The summed E-state index contributed by atoms with van der Waals surface area (Å²) >= 11 is 8.82. The van der Waals surface area contributed by atoms with Gasteiger partial charge in [-0.05, 0) is 48.5 Å². The minimum atomic E-state index is -0.234. The lowest BCUT2D eigenvalue weighted by molar-refractivity contribution is 0.626. The molecule has 0 fully saturated rings. The lowest BCUT2D eigenvalue weighted by atomic mass is 10.1. The van der Waals surface area contributed by atoms with Gasteiger partial charge in [0.05, 0.1) is 6.04 Å². The van der Waals surface area contributed by atoms with Crippen molar-refractivity contribution in [3.8, 4) is 0 Å². The van der Waals surface area contributed by atoms with Crippen molar-refractivity contribution in [2.24, 2.45) is 0 Å². The minimum absolute atomic E-state index is 0.0915. The van der Waals surface area contributed by atoms with E-state index in [9.17, 15) is 4.39 Å². The van der Waals surface area contributed by atoms with Crippen molar-refractivity contribution in [1.29, 1.82) is 0 Å². The molecule has 0 bridgehead atoms. The Hall–Kier alpha value is -1.46. The highest BCUT2D eigenvalue weighted by atomic mass is 79.9. The Bertz CT molecular complexity index is 616. The van der Waals surface area contributed by atoms with Gasteiger partial charge in [-0.1, -0.05) is 46.3 Å². The molecule has 5 heteroatoms. The van der Waals surface area contributed by atoms with Crippen LogP contribution in [-0.4, -0.2) is 5.11 Å². The van der Waals surface area contributed by atoms with Crippen LogP contribution in [0.15, 0.2) is 53.0 Å². The van der Waals surface area contributed by atoms with E-state index in [4.69, 9.17) is 12.2 Å². The highest BCUT2D eigenvalue weighted by Crippen LogP contribution is 2.22. The molecule has 2 nitrogen and oxygen atoms in total. The highest BCUT2D eigenvalue weighted by molar-refractivity contribution is 9.10. The van der Waals surface area contributed by atoms with E-state index in [1.54, 1.807) is 12.1 Å². The minimum Gasteiger partial charge on any atom is -0.359 e. The SMILES string of the molecule is C[C@H](NC(=S)NCc1ccc(F)cc1)c1ccccc1Br. The van der Waals surface area contributed by atoms with Gasteiger partial charge < -0.3 is 10.6 Å². The molecule has 0 unspecified atom stereocenters. The summed E-state index contributed by atoms with van der Waals surface area (Å²) in [6.07, 6.45) is 0. The first-order valence-electron chi connectivity index (χ1n) is 6.59. The Kier molecular flexibility index (Phi) is 5.70. The first kappa shape index (κ1) is 15.9. The van der Waals surface area contributed by atoms with Crippen LogP contribution in [-0.2, 0) is 6.54 Å². The summed E-state index contributed by atoms with van der Waals surface area (Å²) in [6, 6.07) is 14.5. The number of halogens is 2. The fourth-order valence-corrected chi connectivity index (χ4v) is 2.81. The van der Waals surface area contributed by atoms with Gasteiger partial charge in [0.1, 0.15) is 5.82 Å². The lowest BCUT2D eigenvalue weighted by Crippen LogP contribution is -2.36. The number of hydrogen-bond acceptors (Lipinski definition) is 1. The van der Waals surface area contributed by atoms with Gasteiger partial charge in [-0.15, -0.1) is 0 Å². The molecule has 2 aromatic rings. The van der Waals surface area contributed by atoms with E-state index < -0.39 is 0 Å². The Morgan fingerprint density at radius 1 is 1.19 bits per heavy atom. The van der Waals surface area contributed by atoms with Crippen molar-refractivity contribution in [2.45, 2.75) is 19.5 Å². The van der Waals surface area contributed by atoms with E-state index in [0.717, 1.165) is 15.6 Å². The largest absolute Gasteiger partial charge is 0.359 e. The maximum absolute atomic E-state index is 12.8. The van der Waals surface area contributed by atoms with Gasteiger partial charge in [0.2, 0.25) is 0 Å². The Morgan fingerprint density at radius 3 is 2.52 bits per heavy atom. The van der Waals surface area contributed by atoms with Crippen LogP contribution in [0.5, 0.6) is 0 Å². The van der Waals surface area contributed by atoms with Crippen LogP contribution in [0.3, 0.4) is 0 Å². The van der Waals surface area contributed by atoms with Crippen molar-refractivity contribution in [2.75, 3.05) is 0 Å². The van der Waals surface area contributed by atoms with Crippen LogP contribution >= 0.6 is 28.1 Å². The maximum atomic E-state index is 12.8. The third kappa shape index (κ3) is 4.79. The molecule has 0 amide bonds. The predicted molar refractivity (Wildman–Crippen MR) is 91.5 cm³/mol. The Morgan fingerprint density at radius 2 is 1.86 bits per heavy atom.